The second kappa shape index (κ2) is 8.77. The number of benzene rings is 2. The minimum absolute atomic E-state index is 0.0610. The summed E-state index contributed by atoms with van der Waals surface area (Å²) in [6, 6.07) is -0.608. The van der Waals surface area contributed by atoms with Crippen molar-refractivity contribution >= 4 is 16.7 Å². The van der Waals surface area contributed by atoms with Crippen LogP contribution in [0.15, 0.2) is 36.3 Å². The lowest BCUT2D eigenvalue weighted by molar-refractivity contribution is -0.286. The van der Waals surface area contributed by atoms with Gasteiger partial charge in [0.1, 0.15) is 11.6 Å². The summed E-state index contributed by atoms with van der Waals surface area (Å²) in [7, 11) is 0. The van der Waals surface area contributed by atoms with Crippen molar-refractivity contribution in [2.24, 2.45) is 0 Å². The van der Waals surface area contributed by atoms with Crippen LogP contribution >= 0.6 is 0 Å². The molecule has 1 saturated carbocycles. The van der Waals surface area contributed by atoms with Crippen LogP contribution in [-0.4, -0.2) is 39.6 Å². The molecule has 0 radical (unpaired) electrons. The van der Waals surface area contributed by atoms with Gasteiger partial charge in [0.2, 0.25) is 0 Å². The molecule has 5 rings (SSSR count). The second-order valence-corrected chi connectivity index (χ2v) is 9.06. The number of hydrogen-bond donors (Lipinski definition) is 2. The molecule has 1 fully saturated rings. The Labute approximate surface area is 229 Å². The van der Waals surface area contributed by atoms with Crippen LogP contribution in [0.5, 0.6) is 11.5 Å². The van der Waals surface area contributed by atoms with Gasteiger partial charge in [-0.05, 0) is 60.6 Å². The summed E-state index contributed by atoms with van der Waals surface area (Å²) >= 11 is 0. The molecular weight excluding hydrogens is 487 g/mol. The highest BCUT2D eigenvalue weighted by molar-refractivity contribution is 5.95. The lowest BCUT2D eigenvalue weighted by atomic mass is 9.86. The van der Waals surface area contributed by atoms with Gasteiger partial charge in [0.15, 0.2) is 11.5 Å². The Hall–Kier alpha value is -3.04. The van der Waals surface area contributed by atoms with E-state index in [9.17, 15) is 23.8 Å². The first-order valence-corrected chi connectivity index (χ1v) is 11.3. The smallest absolute Gasteiger partial charge is 0.395 e. The van der Waals surface area contributed by atoms with E-state index < -0.39 is 115 Å². The SMILES string of the molecule is [2H]c1c([2H])c(C2(C(=O)Cc3cc4cc(C(C)(CC)C([2H])([2H])[2H])n(C([2H])([2H])[C@@H](O)CO)c4cc3F)C([2H])([2H])C2([2H])[2H])c([2H])c2c1OC(F)(F)O2. The maximum absolute atomic E-state index is 15.9. The molecule has 0 amide bonds. The summed E-state index contributed by atoms with van der Waals surface area (Å²) in [5.74, 6) is -4.86. The molecule has 9 heteroatoms. The van der Waals surface area contributed by atoms with Crippen molar-refractivity contribution in [3.05, 3.63) is 59.0 Å². The normalized spacial score (nSPS) is 27.8. The molecule has 2 heterocycles. The number of aromatic nitrogens is 1. The number of aliphatic hydroxyl groups is 2. The summed E-state index contributed by atoms with van der Waals surface area (Å²) in [6.07, 6.45) is -14.1. The maximum atomic E-state index is 15.9. The highest BCUT2D eigenvalue weighted by Gasteiger charge is 2.52. The summed E-state index contributed by atoms with van der Waals surface area (Å²) in [5, 5.41) is 19.9. The Morgan fingerprint density at radius 1 is 1.32 bits per heavy atom. The predicted octanol–water partition coefficient (Wildman–Crippen LogP) is 4.99. The van der Waals surface area contributed by atoms with Crippen LogP contribution in [0.2, 0.25) is 0 Å². The van der Waals surface area contributed by atoms with Crippen molar-refractivity contribution in [3.63, 3.8) is 0 Å². The molecule has 3 aromatic rings. The molecule has 1 aliphatic carbocycles. The summed E-state index contributed by atoms with van der Waals surface area (Å²) in [6.45, 7) is -3.96. The summed E-state index contributed by atoms with van der Waals surface area (Å²) < 4.78 is 153. The standard InChI is InChI=1S/C28H30F3NO5/c1-4-26(2,3)24-10-17-9-16(20(29)13-21(17)32(24)14-19(34)15-33)11-25(35)27(7-8-27)18-5-6-22-23(12-18)37-28(30,31)36-22/h5-6,9-10,12-13,19,33-34H,4,7-8,11,14-15H2,1-3H3/t19-/m1/s1/i2D3,5D,6D,7D2,8D2,12D,14D2/t19-,26?. The number of nitrogens with zero attached hydrogens (tertiary/aromatic N) is 1. The van der Waals surface area contributed by atoms with Crippen molar-refractivity contribution in [2.45, 2.75) is 76.0 Å². The van der Waals surface area contributed by atoms with Crippen molar-refractivity contribution in [1.82, 2.24) is 4.57 Å². The van der Waals surface area contributed by atoms with E-state index in [-0.39, 0.29) is 23.0 Å². The number of halogens is 3. The molecule has 1 aliphatic heterocycles. The molecule has 0 spiro atoms. The Balaban J connectivity index is 1.71. The minimum Gasteiger partial charge on any atom is -0.395 e. The molecular formula is C28H30F3NO5. The highest BCUT2D eigenvalue weighted by atomic mass is 19.3. The number of carbonyl (C=O) groups is 1. The Kier molecular flexibility index (Phi) is 3.50. The average Bonchev–Trinajstić information content (AvgIpc) is 3.34. The van der Waals surface area contributed by atoms with Crippen molar-refractivity contribution in [3.8, 4) is 11.5 Å². The van der Waals surface area contributed by atoms with E-state index in [0.29, 0.717) is 0 Å². The molecule has 0 bridgehead atoms. The predicted molar refractivity (Wildman–Crippen MR) is 131 cm³/mol. The van der Waals surface area contributed by atoms with Crippen LogP contribution in [-0.2, 0) is 28.5 Å². The number of Topliss-reactive ketones (excluding diaryl/α,β-unsaturated/α-hetero) is 1. The van der Waals surface area contributed by atoms with Crippen molar-refractivity contribution in [2.75, 3.05) is 6.61 Å². The van der Waals surface area contributed by atoms with Gasteiger partial charge >= 0.3 is 6.29 Å². The van der Waals surface area contributed by atoms with Crippen LogP contribution in [0.25, 0.3) is 10.9 Å². The van der Waals surface area contributed by atoms with Crippen LogP contribution < -0.4 is 9.47 Å². The Morgan fingerprint density at radius 3 is 2.70 bits per heavy atom. The number of ether oxygens (including phenoxy) is 2. The van der Waals surface area contributed by atoms with Gasteiger partial charge in [-0.3, -0.25) is 4.79 Å². The number of ketones is 1. The molecule has 0 saturated heterocycles. The zero-order valence-corrected chi connectivity index (χ0v) is 19.6. The molecule has 2 atom stereocenters. The third kappa shape index (κ3) is 4.48. The number of hydrogen-bond acceptors (Lipinski definition) is 5. The average molecular weight is 530 g/mol. The third-order valence-corrected chi connectivity index (χ3v) is 6.40. The maximum Gasteiger partial charge on any atom is 0.586 e. The van der Waals surface area contributed by atoms with Crippen LogP contribution in [0, 0.1) is 5.82 Å². The van der Waals surface area contributed by atoms with Crippen LogP contribution in [0.1, 0.15) is 73.1 Å². The van der Waals surface area contributed by atoms with E-state index in [1.165, 1.54) is 19.9 Å². The van der Waals surface area contributed by atoms with Gasteiger partial charge in [-0.15, -0.1) is 8.78 Å². The zero-order valence-electron chi connectivity index (χ0n) is 31.6. The number of alkyl halides is 2. The summed E-state index contributed by atoms with van der Waals surface area (Å²) in [5.41, 5.74) is -7.04. The monoisotopic (exact) mass is 529 g/mol. The first-order valence-electron chi connectivity index (χ1n) is 17.3. The van der Waals surface area contributed by atoms with Crippen LogP contribution in [0.3, 0.4) is 0 Å². The van der Waals surface area contributed by atoms with E-state index in [4.69, 9.17) is 16.4 Å². The quantitative estimate of drug-likeness (QED) is 0.409. The number of aliphatic hydroxyl groups excluding tert-OH is 2. The third-order valence-electron chi connectivity index (χ3n) is 6.40. The fourth-order valence-corrected chi connectivity index (χ4v) is 4.07. The molecule has 2 aromatic carbocycles. The molecule has 198 valence electrons. The Morgan fingerprint density at radius 2 is 2.05 bits per heavy atom. The topological polar surface area (TPSA) is 80.9 Å². The van der Waals surface area contributed by atoms with Gasteiger partial charge in [-0.1, -0.05) is 26.7 Å². The van der Waals surface area contributed by atoms with Crippen molar-refractivity contribution < 1.29 is 54.1 Å². The first-order chi connectivity index (χ1) is 22.2. The van der Waals surface area contributed by atoms with Crippen LogP contribution in [0.4, 0.5) is 13.2 Å². The molecule has 37 heavy (non-hydrogen) atoms. The van der Waals surface area contributed by atoms with E-state index in [1.54, 1.807) is 0 Å². The fraction of sp³-hybridized carbons (Fsp3) is 0.464. The van der Waals surface area contributed by atoms with Gasteiger partial charge in [0.05, 0.1) is 37.0 Å². The van der Waals surface area contributed by atoms with E-state index >= 15 is 4.39 Å². The second-order valence-electron chi connectivity index (χ2n) is 9.06. The lowest BCUT2D eigenvalue weighted by Crippen LogP contribution is -2.26. The lowest BCUT2D eigenvalue weighted by Gasteiger charge is -2.26. The fourth-order valence-electron chi connectivity index (χ4n) is 4.07. The first kappa shape index (κ1) is 14.8. The zero-order chi connectivity index (χ0) is 37.2. The largest absolute Gasteiger partial charge is 0.586 e. The molecule has 1 unspecified atom stereocenters. The van der Waals surface area contributed by atoms with Gasteiger partial charge in [0, 0.05) is 32.5 Å². The molecule has 2 N–H and O–H groups in total. The van der Waals surface area contributed by atoms with E-state index in [0.717, 1.165) is 16.7 Å². The number of fused-ring (bicyclic) bond motifs is 2. The molecule has 6 nitrogen and oxygen atoms in total. The minimum atomic E-state index is -4.39. The highest BCUT2D eigenvalue weighted by Crippen LogP contribution is 2.52. The van der Waals surface area contributed by atoms with Crippen molar-refractivity contribution in [1.29, 1.82) is 0 Å². The molecule has 1 aromatic heterocycles. The van der Waals surface area contributed by atoms with Gasteiger partial charge in [-0.25, -0.2) is 4.39 Å². The Bertz CT molecular complexity index is 1880. The number of carbonyl (C=O) groups excluding carboxylic acids is 1. The summed E-state index contributed by atoms with van der Waals surface area (Å²) in [4.78, 5) is 14.1. The van der Waals surface area contributed by atoms with E-state index in [2.05, 4.69) is 9.47 Å². The van der Waals surface area contributed by atoms with Gasteiger partial charge < -0.3 is 24.3 Å². The van der Waals surface area contributed by atoms with Gasteiger partial charge in [-0.2, -0.15) is 0 Å². The van der Waals surface area contributed by atoms with Gasteiger partial charge in [0.25, 0.3) is 0 Å². The number of rotatable bonds is 9. The molecule has 2 aliphatic rings. The van der Waals surface area contributed by atoms with E-state index in [1.807, 2.05) is 0 Å².